The quantitative estimate of drug-likeness (QED) is 0.512. The van der Waals surface area contributed by atoms with E-state index in [1.807, 2.05) is 29.5 Å². The Morgan fingerprint density at radius 2 is 2.00 bits per heavy atom. The number of benzene rings is 1. The molecule has 0 aliphatic carbocycles. The van der Waals surface area contributed by atoms with E-state index in [0.29, 0.717) is 0 Å². The first kappa shape index (κ1) is 19.1. The van der Waals surface area contributed by atoms with E-state index in [-0.39, 0.29) is 28.4 Å². The molecule has 0 saturated carbocycles. The summed E-state index contributed by atoms with van der Waals surface area (Å²) >= 11 is 0. The molecule has 31 heavy (non-hydrogen) atoms. The number of hydrogen-bond donors (Lipinski definition) is 2. The maximum atomic E-state index is 12.9. The predicted octanol–water partition coefficient (Wildman–Crippen LogP) is 2.18. The first-order chi connectivity index (χ1) is 14.9. The number of aromatic nitrogens is 3. The molecule has 0 bridgehead atoms. The van der Waals surface area contributed by atoms with E-state index in [2.05, 4.69) is 15.6 Å². The summed E-state index contributed by atoms with van der Waals surface area (Å²) in [6.07, 6.45) is 3.01. The van der Waals surface area contributed by atoms with Gasteiger partial charge in [0, 0.05) is 17.5 Å². The van der Waals surface area contributed by atoms with E-state index in [4.69, 9.17) is 0 Å². The predicted molar refractivity (Wildman–Crippen MR) is 113 cm³/mol. The van der Waals surface area contributed by atoms with Gasteiger partial charge in [-0.3, -0.25) is 14.0 Å². The van der Waals surface area contributed by atoms with Gasteiger partial charge >= 0.3 is 0 Å². The Labute approximate surface area is 177 Å². The van der Waals surface area contributed by atoms with Crippen molar-refractivity contribution in [3.8, 4) is 0 Å². The summed E-state index contributed by atoms with van der Waals surface area (Å²) in [7, 11) is -3.96. The van der Waals surface area contributed by atoms with Crippen LogP contribution in [-0.2, 0) is 16.6 Å². The molecule has 9 nitrogen and oxygen atoms in total. The molecule has 2 amide bonds. The van der Waals surface area contributed by atoms with Crippen LogP contribution < -0.4 is 10.6 Å². The summed E-state index contributed by atoms with van der Waals surface area (Å²) in [5, 5.41) is 5.40. The van der Waals surface area contributed by atoms with Crippen molar-refractivity contribution in [2.75, 3.05) is 5.32 Å². The number of nitrogens with one attached hydrogen (secondary N) is 2. The summed E-state index contributed by atoms with van der Waals surface area (Å²) in [4.78, 5) is 29.4. The minimum Gasteiger partial charge on any atom is -0.346 e. The second-order valence-electron chi connectivity index (χ2n) is 7.15. The van der Waals surface area contributed by atoms with Crippen molar-refractivity contribution in [2.45, 2.75) is 18.4 Å². The fraction of sp³-hybridized carbons (Fsp3) is 0.0952. The molecule has 5 rings (SSSR count). The molecular formula is C21H17N5O4S. The molecule has 0 atom stereocenters. The van der Waals surface area contributed by atoms with Gasteiger partial charge in [-0.05, 0) is 49.4 Å². The minimum atomic E-state index is -3.96. The van der Waals surface area contributed by atoms with Crippen molar-refractivity contribution >= 4 is 33.2 Å². The molecule has 4 aromatic rings. The second-order valence-corrected chi connectivity index (χ2v) is 8.94. The van der Waals surface area contributed by atoms with Crippen LogP contribution in [0, 0.1) is 6.92 Å². The van der Waals surface area contributed by atoms with E-state index in [1.165, 1.54) is 36.5 Å². The normalized spacial score (nSPS) is 14.4. The Hall–Kier alpha value is -3.92. The van der Waals surface area contributed by atoms with E-state index >= 15 is 0 Å². The van der Waals surface area contributed by atoms with Crippen molar-refractivity contribution < 1.29 is 18.0 Å². The Kier molecular flexibility index (Phi) is 4.19. The van der Waals surface area contributed by atoms with E-state index < -0.39 is 21.8 Å². The van der Waals surface area contributed by atoms with Gasteiger partial charge in [0.1, 0.15) is 16.2 Å². The molecule has 0 saturated heterocycles. The van der Waals surface area contributed by atoms with Crippen LogP contribution >= 0.6 is 0 Å². The summed E-state index contributed by atoms with van der Waals surface area (Å²) in [6.45, 7) is 2.18. The molecule has 10 heteroatoms. The highest BCUT2D eigenvalue weighted by Gasteiger charge is 2.30. The third kappa shape index (κ3) is 2.99. The van der Waals surface area contributed by atoms with E-state index in [9.17, 15) is 18.0 Å². The molecule has 1 aromatic carbocycles. The largest absolute Gasteiger partial charge is 0.346 e. The molecule has 1 aliphatic heterocycles. The number of anilines is 1. The average Bonchev–Trinajstić information content (AvgIpc) is 3.38. The monoisotopic (exact) mass is 435 g/mol. The molecular weight excluding hydrogens is 418 g/mol. The summed E-state index contributed by atoms with van der Waals surface area (Å²) < 4.78 is 28.7. The zero-order chi connectivity index (χ0) is 21.8. The minimum absolute atomic E-state index is 0.00480. The van der Waals surface area contributed by atoms with Crippen LogP contribution in [0.2, 0.25) is 0 Å². The van der Waals surface area contributed by atoms with Crippen molar-refractivity contribution in [1.82, 2.24) is 18.7 Å². The molecule has 0 radical (unpaired) electrons. The van der Waals surface area contributed by atoms with Gasteiger partial charge in [-0.25, -0.2) is 17.4 Å². The molecule has 3 aromatic heterocycles. The number of rotatable bonds is 3. The number of carbonyl (C=O) groups excluding carboxylic acids is 2. The highest BCUT2D eigenvalue weighted by Crippen LogP contribution is 2.29. The van der Waals surface area contributed by atoms with Crippen LogP contribution in [0.15, 0.2) is 65.8 Å². The van der Waals surface area contributed by atoms with Gasteiger partial charge in [-0.15, -0.1) is 0 Å². The number of aryl methyl sites for hydroxylation is 1. The van der Waals surface area contributed by atoms with Crippen LogP contribution in [0.3, 0.4) is 0 Å². The Morgan fingerprint density at radius 1 is 1.16 bits per heavy atom. The fourth-order valence-corrected chi connectivity index (χ4v) is 5.18. The Balaban J connectivity index is 1.44. The topological polar surface area (TPSA) is 115 Å². The third-order valence-corrected chi connectivity index (χ3v) is 6.95. The third-order valence-electron chi connectivity index (χ3n) is 5.20. The molecule has 156 valence electrons. The number of amides is 2. The number of imidazole rings is 1. The summed E-state index contributed by atoms with van der Waals surface area (Å²) in [6, 6.07) is 12.8. The van der Waals surface area contributed by atoms with Gasteiger partial charge in [0.05, 0.1) is 24.1 Å². The highest BCUT2D eigenvalue weighted by atomic mass is 32.2. The van der Waals surface area contributed by atoms with Crippen LogP contribution in [0.5, 0.6) is 0 Å². The molecule has 2 N–H and O–H groups in total. The molecule has 0 fully saturated rings. The van der Waals surface area contributed by atoms with Gasteiger partial charge in [0.2, 0.25) is 0 Å². The van der Waals surface area contributed by atoms with Gasteiger partial charge in [0.25, 0.3) is 21.8 Å². The van der Waals surface area contributed by atoms with Crippen LogP contribution in [0.25, 0.3) is 5.65 Å². The SMILES string of the molecule is Cc1cccc2ncc(CNC(=O)c3ccc4c(c3)NC(=O)c3cccn3S4(=O)=O)n12. The standard InChI is InChI=1S/C21H17N5O4S/c1-13-4-2-6-19-22-11-15(26(13)19)12-23-20(27)14-7-8-18-16(10-14)24-21(28)17-5-3-9-25(17)31(18,29)30/h2-11H,12H2,1H3,(H,23,27)(H,24,28). The van der Waals surface area contributed by atoms with Crippen molar-refractivity contribution in [3.63, 3.8) is 0 Å². The summed E-state index contributed by atoms with van der Waals surface area (Å²) in [5.41, 5.74) is 2.88. The van der Waals surface area contributed by atoms with E-state index in [0.717, 1.165) is 21.0 Å². The zero-order valence-corrected chi connectivity index (χ0v) is 17.2. The molecule has 0 unspecified atom stereocenters. The van der Waals surface area contributed by atoms with Crippen LogP contribution in [0.1, 0.15) is 32.2 Å². The lowest BCUT2D eigenvalue weighted by molar-refractivity contribution is 0.0948. The lowest BCUT2D eigenvalue weighted by Crippen LogP contribution is -2.24. The molecule has 4 heterocycles. The Morgan fingerprint density at radius 3 is 2.84 bits per heavy atom. The van der Waals surface area contributed by atoms with Crippen molar-refractivity contribution in [3.05, 3.63) is 83.6 Å². The molecule has 0 spiro atoms. The smallest absolute Gasteiger partial charge is 0.273 e. The van der Waals surface area contributed by atoms with Gasteiger partial charge in [0.15, 0.2) is 0 Å². The second kappa shape index (κ2) is 6.81. The lowest BCUT2D eigenvalue weighted by atomic mass is 10.2. The number of fused-ring (bicyclic) bond motifs is 3. The van der Waals surface area contributed by atoms with Gasteiger partial charge in [-0.1, -0.05) is 6.07 Å². The average molecular weight is 435 g/mol. The maximum Gasteiger partial charge on any atom is 0.273 e. The molecule has 1 aliphatic rings. The Bertz CT molecular complexity index is 1480. The lowest BCUT2D eigenvalue weighted by Gasteiger charge is -2.11. The van der Waals surface area contributed by atoms with Crippen molar-refractivity contribution in [2.24, 2.45) is 0 Å². The number of pyridine rings is 1. The fourth-order valence-electron chi connectivity index (χ4n) is 3.71. The number of carbonyl (C=O) groups is 2. The summed E-state index contributed by atoms with van der Waals surface area (Å²) in [5.74, 6) is -0.965. The van der Waals surface area contributed by atoms with Gasteiger partial charge < -0.3 is 10.6 Å². The van der Waals surface area contributed by atoms with E-state index in [1.54, 1.807) is 6.20 Å². The first-order valence-electron chi connectivity index (χ1n) is 9.45. The maximum absolute atomic E-state index is 12.9. The first-order valence-corrected chi connectivity index (χ1v) is 10.9. The highest BCUT2D eigenvalue weighted by molar-refractivity contribution is 7.90. The number of nitrogens with zero attached hydrogens (tertiary/aromatic N) is 3. The zero-order valence-electron chi connectivity index (χ0n) is 16.4. The van der Waals surface area contributed by atoms with Gasteiger partial charge in [-0.2, -0.15) is 0 Å². The van der Waals surface area contributed by atoms with Crippen LogP contribution in [-0.4, -0.2) is 33.6 Å². The number of hydrogen-bond acceptors (Lipinski definition) is 5. The van der Waals surface area contributed by atoms with Crippen molar-refractivity contribution in [1.29, 1.82) is 0 Å². The van der Waals surface area contributed by atoms with Crippen LogP contribution in [0.4, 0.5) is 5.69 Å².